The number of anilines is 3. The van der Waals surface area contributed by atoms with Crippen LogP contribution in [0.5, 0.6) is 34.5 Å². The van der Waals surface area contributed by atoms with Crippen LogP contribution in [0, 0.1) is 56.1 Å². The molecule has 3 fully saturated rings. The molecule has 5 aromatic carbocycles. The molecule has 0 amide bonds. The van der Waals surface area contributed by atoms with Crippen LogP contribution in [0.2, 0.25) is 0 Å². The van der Waals surface area contributed by atoms with Crippen molar-refractivity contribution in [3.63, 3.8) is 0 Å². The van der Waals surface area contributed by atoms with Crippen molar-refractivity contribution in [1.82, 2.24) is 54.2 Å². The summed E-state index contributed by atoms with van der Waals surface area (Å²) in [6.45, 7) is 23.0. The monoisotopic (exact) mass is 1560 g/mol. The first kappa shape index (κ1) is 78.0. The Labute approximate surface area is 623 Å². The number of aliphatic carboxylic acids is 1. The number of hydrogen-bond acceptors (Lipinski definition) is 21. The van der Waals surface area contributed by atoms with E-state index in [4.69, 9.17) is 73.7 Å². The average Bonchev–Trinajstić information content (AvgIpc) is 1.61. The Morgan fingerprint density at radius 2 is 0.991 bits per heavy atom. The lowest BCUT2D eigenvalue weighted by molar-refractivity contribution is -0.137. The van der Waals surface area contributed by atoms with E-state index in [-0.39, 0.29) is 103 Å². The molecule has 0 atom stereocenters. The maximum absolute atomic E-state index is 15.3. The Morgan fingerprint density at radius 3 is 1.38 bits per heavy atom. The molecule has 0 saturated carbocycles. The van der Waals surface area contributed by atoms with Gasteiger partial charge in [-0.2, -0.15) is 15.3 Å². The third-order valence-electron chi connectivity index (χ3n) is 16.5. The number of nitrogen functional groups attached to an aromatic ring is 3. The van der Waals surface area contributed by atoms with Crippen LogP contribution in [0.1, 0.15) is 83.8 Å². The molecule has 554 valence electrons. The van der Waals surface area contributed by atoms with Gasteiger partial charge in [0, 0.05) is 94.0 Å². The van der Waals surface area contributed by atoms with Crippen LogP contribution in [0.15, 0.2) is 114 Å². The largest absolute Gasteiger partial charge is 0.488 e. The van der Waals surface area contributed by atoms with Gasteiger partial charge in [0.25, 0.3) is 11.4 Å². The molecular formula is C73H74BrF5N16O9S2. The Kier molecular flexibility index (Phi) is 26.4. The predicted molar refractivity (Wildman–Crippen MR) is 395 cm³/mol. The van der Waals surface area contributed by atoms with Crippen molar-refractivity contribution in [1.29, 1.82) is 0 Å². The second kappa shape index (κ2) is 35.9. The highest BCUT2D eigenvalue weighted by atomic mass is 79.9. The molecule has 0 spiro atoms. The normalized spacial score (nSPS) is 13.9. The van der Waals surface area contributed by atoms with Gasteiger partial charge in [-0.05, 0) is 136 Å². The van der Waals surface area contributed by atoms with E-state index in [0.717, 1.165) is 70.4 Å². The van der Waals surface area contributed by atoms with Crippen LogP contribution in [-0.4, -0.2) is 126 Å². The molecule has 3 aliphatic heterocycles. The van der Waals surface area contributed by atoms with Crippen molar-refractivity contribution in [2.75, 3.05) is 77.5 Å². The zero-order valence-corrected chi connectivity index (χ0v) is 60.3. The van der Waals surface area contributed by atoms with E-state index in [2.05, 4.69) is 55.8 Å². The summed E-state index contributed by atoms with van der Waals surface area (Å²) in [5, 5.41) is 24.2. The Hall–Kier alpha value is -10.7. The zero-order valence-electron chi connectivity index (χ0n) is 57.1. The van der Waals surface area contributed by atoms with E-state index < -0.39 is 35.1 Å². The van der Waals surface area contributed by atoms with E-state index >= 15 is 8.78 Å². The van der Waals surface area contributed by atoms with Crippen LogP contribution in [0.3, 0.4) is 0 Å². The summed E-state index contributed by atoms with van der Waals surface area (Å²) in [5.74, 6) is -2.34. The number of nitrogens with zero attached hydrogens (tertiary/aromatic N) is 13. The standard InChI is InChI=1S/C27H24F2N6O3S.C26H23F2N5O3S.C15H14BrFN4O.C4H9NO2.CH4/c1-15-31-12-21(39-15)13-37-19-9-17(28)10-20(11-19)38-23-3-2-16(8-22(23)29)25-24-26(30)32-14-33-27(24)35(34-25)18-4-6-36-7-5-18;1-15-31-13-21(37-15)14-35-19-10-17(27)11-20(12-19)36-23-4-3-16(9-22(23)28)24-25(30-2)26(29)33(32-24)18-5-7-34-8-6-18;1-19-14-13(9-2-3-11(16)12(17)8-9)20-21(15(14)18)10-4-6-22-7-5-10;1-5(2)3-4(6)7;/h2-3,8-12,14,18H,4-7,13H2,1H3,(H2,30,32,33);3-4,9-13,18H,5-8,14,29H2,1H3;2-3,8,10H,4-7,18H2;3H2,1-2H3,(H,6,7);1H4. The highest BCUT2D eigenvalue weighted by Gasteiger charge is 2.29. The number of carbonyl (C=O) groups is 1. The molecule has 0 radical (unpaired) electrons. The number of carboxylic acids is 1. The number of nitrogens with two attached hydrogens (primary N) is 3. The van der Waals surface area contributed by atoms with E-state index in [0.29, 0.717) is 94.7 Å². The number of aryl methyl sites for hydroxylation is 2. The van der Waals surface area contributed by atoms with Crippen LogP contribution >= 0.6 is 38.6 Å². The molecular weight excluding hydrogens is 1480 g/mol. The summed E-state index contributed by atoms with van der Waals surface area (Å²) in [6.07, 6.45) is 9.44. The van der Waals surface area contributed by atoms with Gasteiger partial charge in [0.1, 0.15) is 94.5 Å². The third kappa shape index (κ3) is 19.4. The summed E-state index contributed by atoms with van der Waals surface area (Å²) in [5.41, 5.74) is 22.2. The molecule has 7 N–H and O–H groups in total. The average molecular weight is 1560 g/mol. The maximum atomic E-state index is 15.3. The molecule has 25 nitrogen and oxygen atoms in total. The maximum Gasteiger partial charge on any atom is 0.317 e. The van der Waals surface area contributed by atoms with Crippen molar-refractivity contribution in [2.24, 2.45) is 0 Å². The molecule has 0 bridgehead atoms. The molecule has 6 aromatic heterocycles. The fourth-order valence-corrected chi connectivity index (χ4v) is 13.2. The van der Waals surface area contributed by atoms with Gasteiger partial charge in [-0.3, -0.25) is 19.1 Å². The number of halogens is 6. The first-order valence-electron chi connectivity index (χ1n) is 32.8. The lowest BCUT2D eigenvalue weighted by Crippen LogP contribution is -2.21. The molecule has 0 unspecified atom stereocenters. The molecule has 3 aliphatic rings. The van der Waals surface area contributed by atoms with Crippen LogP contribution in [0.4, 0.5) is 50.8 Å². The van der Waals surface area contributed by atoms with Crippen molar-refractivity contribution in [3.05, 3.63) is 186 Å². The number of aromatic nitrogens is 10. The number of fused-ring (bicyclic) bond motifs is 1. The van der Waals surface area contributed by atoms with Crippen LogP contribution < -0.4 is 36.1 Å². The lowest BCUT2D eigenvalue weighted by atomic mass is 10.1. The van der Waals surface area contributed by atoms with E-state index in [9.17, 15) is 18.0 Å². The Bertz CT molecular complexity index is 4980. The van der Waals surface area contributed by atoms with Crippen molar-refractivity contribution in [3.8, 4) is 68.3 Å². The third-order valence-corrected chi connectivity index (χ3v) is 18.9. The number of thiazole rings is 2. The van der Waals surface area contributed by atoms with E-state index in [1.165, 1.54) is 83.6 Å². The minimum atomic E-state index is -0.787. The Balaban J connectivity index is 0.000000167. The second-order valence-corrected chi connectivity index (χ2v) is 27.8. The number of benzene rings is 5. The van der Waals surface area contributed by atoms with Gasteiger partial charge in [0.05, 0.1) is 67.4 Å². The van der Waals surface area contributed by atoms with Gasteiger partial charge < -0.3 is 55.5 Å². The molecule has 14 rings (SSSR count). The molecule has 0 aliphatic carbocycles. The first-order valence-corrected chi connectivity index (χ1v) is 35.2. The summed E-state index contributed by atoms with van der Waals surface area (Å²) in [6, 6.07) is 21.3. The lowest BCUT2D eigenvalue weighted by Gasteiger charge is -2.23. The van der Waals surface area contributed by atoms with Gasteiger partial charge in [-0.25, -0.2) is 56.3 Å². The number of likely N-dealkylation sites (N-methyl/N-ethyl adjacent to an activating group) is 1. The number of carboxylic acid groups (broad SMARTS) is 1. The molecule has 11 aromatic rings. The fraction of sp³-hybridized carbons (Fsp3) is 0.315. The van der Waals surface area contributed by atoms with Crippen LogP contribution in [-0.2, 0) is 32.2 Å². The van der Waals surface area contributed by atoms with Gasteiger partial charge in [-0.15, -0.1) is 22.7 Å². The minimum absolute atomic E-state index is 0. The van der Waals surface area contributed by atoms with Crippen LogP contribution in [0.25, 0.3) is 54.5 Å². The highest BCUT2D eigenvalue weighted by molar-refractivity contribution is 9.10. The number of ether oxygens (including phenoxy) is 7. The molecule has 3 saturated heterocycles. The summed E-state index contributed by atoms with van der Waals surface area (Å²) in [4.78, 5) is 37.1. The summed E-state index contributed by atoms with van der Waals surface area (Å²) in [7, 11) is 3.43. The van der Waals surface area contributed by atoms with Gasteiger partial charge in [0.15, 0.2) is 28.8 Å². The molecule has 106 heavy (non-hydrogen) atoms. The van der Waals surface area contributed by atoms with Crippen molar-refractivity contribution < 1.29 is 65.0 Å². The van der Waals surface area contributed by atoms with E-state index in [1.807, 2.05) is 18.5 Å². The molecule has 9 heterocycles. The fourth-order valence-electron chi connectivity index (χ4n) is 11.5. The zero-order chi connectivity index (χ0) is 74.4. The van der Waals surface area contributed by atoms with Gasteiger partial charge in [-0.1, -0.05) is 19.6 Å². The smallest absolute Gasteiger partial charge is 0.317 e. The minimum Gasteiger partial charge on any atom is -0.488 e. The number of hydrogen-bond donors (Lipinski definition) is 4. The van der Waals surface area contributed by atoms with Gasteiger partial charge in [0.2, 0.25) is 0 Å². The summed E-state index contributed by atoms with van der Waals surface area (Å²) >= 11 is 6.09. The first-order chi connectivity index (χ1) is 50.6. The molecule has 33 heteroatoms. The van der Waals surface area contributed by atoms with Crippen molar-refractivity contribution >= 4 is 84.4 Å². The SMILES string of the molecule is C.CN(C)CC(=O)O.Cc1ncc(COc2cc(F)cc(Oc3ccc(-c4nn(C5CCOCC5)c5ncnc(N)c45)cc3F)c2)s1.[C-]#[N+]c1c(-c2ccc(Br)c(F)c2)nn(C2CCOCC2)c1N.[C-]#[N+]c1c(-c2ccc(Oc3cc(F)cc(OCc4cnc(C)s4)c3)c(F)c2)nn(C2CCOCC2)c1N. The van der Waals surface area contributed by atoms with E-state index in [1.54, 1.807) is 65.0 Å². The summed E-state index contributed by atoms with van der Waals surface area (Å²) < 4.78 is 117. The number of rotatable bonds is 18. The second-order valence-electron chi connectivity index (χ2n) is 24.3. The highest BCUT2D eigenvalue weighted by Crippen LogP contribution is 2.43. The van der Waals surface area contributed by atoms with Gasteiger partial charge >= 0.3 is 5.97 Å². The Morgan fingerprint density at radius 1 is 0.585 bits per heavy atom. The quantitative estimate of drug-likeness (QED) is 0.0458. The topological polar surface area (TPSA) is 297 Å². The predicted octanol–water partition coefficient (Wildman–Crippen LogP) is 16.5. The van der Waals surface area contributed by atoms with Crippen molar-refractivity contribution in [2.45, 2.75) is 91.1 Å².